The van der Waals surface area contributed by atoms with Gasteiger partial charge in [0.15, 0.2) is 0 Å². The first-order valence-electron chi connectivity index (χ1n) is 10.1. The van der Waals surface area contributed by atoms with Gasteiger partial charge in [-0.3, -0.25) is 9.69 Å². The number of aliphatic carboxylic acids is 1. The summed E-state index contributed by atoms with van der Waals surface area (Å²) in [4.78, 5) is 13.1. The van der Waals surface area contributed by atoms with Crippen molar-refractivity contribution < 1.29 is 19.4 Å². The van der Waals surface area contributed by atoms with E-state index in [1.807, 2.05) is 39.8 Å². The van der Waals surface area contributed by atoms with E-state index in [0.29, 0.717) is 31.0 Å². The zero-order valence-electron chi connectivity index (χ0n) is 17.9. The van der Waals surface area contributed by atoms with E-state index in [9.17, 15) is 10.1 Å². The molecule has 0 unspecified atom stereocenters. The lowest BCUT2D eigenvalue weighted by Crippen LogP contribution is -2.49. The number of aryl methyl sites for hydroxylation is 2. The zero-order valence-corrected chi connectivity index (χ0v) is 17.9. The van der Waals surface area contributed by atoms with Gasteiger partial charge < -0.3 is 14.6 Å². The average Bonchev–Trinajstić information content (AvgIpc) is 2.63. The summed E-state index contributed by atoms with van der Waals surface area (Å²) in [6.45, 7) is 10.2. The number of rotatable bonds is 8. The fourth-order valence-electron chi connectivity index (χ4n) is 3.74. The molecule has 0 amide bonds. The van der Waals surface area contributed by atoms with Crippen molar-refractivity contribution in [3.05, 3.63) is 58.1 Å². The smallest absolute Gasteiger partial charge is 0.309 e. The van der Waals surface area contributed by atoms with Crippen molar-refractivity contribution in [1.82, 2.24) is 4.90 Å². The van der Waals surface area contributed by atoms with Gasteiger partial charge >= 0.3 is 5.97 Å². The molecule has 0 radical (unpaired) electrons. The van der Waals surface area contributed by atoms with Crippen molar-refractivity contribution in [3.8, 4) is 17.6 Å². The van der Waals surface area contributed by atoms with Crippen LogP contribution in [0, 0.1) is 31.1 Å². The van der Waals surface area contributed by atoms with Crippen molar-refractivity contribution in [2.75, 3.05) is 13.1 Å². The number of benzene rings is 2. The maximum absolute atomic E-state index is 11.0. The number of ether oxygens (including phenoxy) is 2. The first-order valence-corrected chi connectivity index (χ1v) is 10.1. The molecular formula is C24H28N2O4. The lowest BCUT2D eigenvalue weighted by molar-refractivity contribution is -0.147. The molecule has 2 aromatic carbocycles. The van der Waals surface area contributed by atoms with E-state index in [1.54, 1.807) is 6.07 Å². The highest BCUT2D eigenvalue weighted by molar-refractivity contribution is 5.71. The quantitative estimate of drug-likeness (QED) is 0.709. The van der Waals surface area contributed by atoms with E-state index in [-0.39, 0.29) is 12.0 Å². The molecule has 6 nitrogen and oxygen atoms in total. The van der Waals surface area contributed by atoms with E-state index >= 15 is 0 Å². The maximum atomic E-state index is 11.0. The number of hydrogen-bond acceptors (Lipinski definition) is 5. The molecule has 1 aliphatic heterocycles. The highest BCUT2D eigenvalue weighted by atomic mass is 16.5. The Labute approximate surface area is 177 Å². The van der Waals surface area contributed by atoms with Gasteiger partial charge in [-0.25, -0.2) is 0 Å². The molecule has 158 valence electrons. The Balaban J connectivity index is 1.64. The fourth-order valence-corrected chi connectivity index (χ4v) is 3.74. The van der Waals surface area contributed by atoms with Crippen LogP contribution in [0.15, 0.2) is 30.3 Å². The highest BCUT2D eigenvalue weighted by Crippen LogP contribution is 2.28. The van der Waals surface area contributed by atoms with Crippen LogP contribution in [-0.2, 0) is 17.9 Å². The van der Waals surface area contributed by atoms with Crippen molar-refractivity contribution >= 4 is 5.97 Å². The summed E-state index contributed by atoms with van der Waals surface area (Å²) in [5.74, 6) is 0.465. The molecule has 1 N–H and O–H groups in total. The van der Waals surface area contributed by atoms with Crippen molar-refractivity contribution in [1.29, 1.82) is 5.26 Å². The number of hydrogen-bond donors (Lipinski definition) is 1. The van der Waals surface area contributed by atoms with Crippen molar-refractivity contribution in [3.63, 3.8) is 0 Å². The Morgan fingerprint density at radius 2 is 1.87 bits per heavy atom. The predicted molar refractivity (Wildman–Crippen MR) is 114 cm³/mol. The molecule has 2 aromatic rings. The Morgan fingerprint density at radius 1 is 1.20 bits per heavy atom. The summed E-state index contributed by atoms with van der Waals surface area (Å²) in [5, 5.41) is 18.4. The molecule has 3 rings (SSSR count). The zero-order chi connectivity index (χ0) is 21.8. The normalized spacial score (nSPS) is 14.3. The standard InChI is InChI=1S/C24H28N2O4/c1-15(2)30-22-6-5-18(9-20(22)10-25)14-29-23-16(3)7-19(8-17(23)4)11-26-12-21(13-26)24(27)28/h5-9,15,21H,11-14H2,1-4H3,(H,27,28). The molecule has 6 heteroatoms. The topological polar surface area (TPSA) is 82.8 Å². The second-order valence-electron chi connectivity index (χ2n) is 8.19. The van der Waals surface area contributed by atoms with Crippen molar-refractivity contribution in [2.24, 2.45) is 5.92 Å². The Bertz CT molecular complexity index is 949. The van der Waals surface area contributed by atoms with Crippen LogP contribution >= 0.6 is 0 Å². The number of nitrogens with zero attached hydrogens (tertiary/aromatic N) is 2. The van der Waals surface area contributed by atoms with Gasteiger partial charge in [0.1, 0.15) is 24.2 Å². The predicted octanol–water partition coefficient (Wildman–Crippen LogP) is 4.06. The summed E-state index contributed by atoms with van der Waals surface area (Å²) in [6, 6.07) is 11.9. The summed E-state index contributed by atoms with van der Waals surface area (Å²) < 4.78 is 11.8. The molecule has 1 saturated heterocycles. The van der Waals surface area contributed by atoms with Crippen LogP contribution in [0.1, 0.15) is 41.7 Å². The van der Waals surface area contributed by atoms with Gasteiger partial charge in [0.2, 0.25) is 0 Å². The molecular weight excluding hydrogens is 380 g/mol. The molecule has 1 fully saturated rings. The molecule has 0 bridgehead atoms. The monoisotopic (exact) mass is 408 g/mol. The highest BCUT2D eigenvalue weighted by Gasteiger charge is 2.32. The second kappa shape index (κ2) is 9.19. The maximum Gasteiger partial charge on any atom is 0.309 e. The minimum atomic E-state index is -0.717. The van der Waals surface area contributed by atoms with Gasteiger partial charge in [0, 0.05) is 19.6 Å². The molecule has 30 heavy (non-hydrogen) atoms. The van der Waals surface area contributed by atoms with Gasteiger partial charge in [-0.1, -0.05) is 18.2 Å². The number of carboxylic acid groups (broad SMARTS) is 1. The van der Waals surface area contributed by atoms with Crippen LogP contribution in [-0.4, -0.2) is 35.2 Å². The molecule has 0 aliphatic carbocycles. The number of carboxylic acids is 1. The van der Waals surface area contributed by atoms with E-state index in [1.165, 1.54) is 0 Å². The van der Waals surface area contributed by atoms with Gasteiger partial charge in [-0.15, -0.1) is 0 Å². The minimum absolute atomic E-state index is 0.00860. The summed E-state index contributed by atoms with van der Waals surface area (Å²) in [7, 11) is 0. The van der Waals surface area contributed by atoms with E-state index in [2.05, 4.69) is 23.1 Å². The van der Waals surface area contributed by atoms with Crippen molar-refractivity contribution in [2.45, 2.75) is 47.0 Å². The summed E-state index contributed by atoms with van der Waals surface area (Å²) in [5.41, 5.74) is 4.65. The average molecular weight is 408 g/mol. The second-order valence-corrected chi connectivity index (χ2v) is 8.19. The van der Waals surface area contributed by atoms with Crippen LogP contribution < -0.4 is 9.47 Å². The Morgan fingerprint density at radius 3 is 2.43 bits per heavy atom. The van der Waals surface area contributed by atoms with Gasteiger partial charge in [0.25, 0.3) is 0 Å². The summed E-state index contributed by atoms with van der Waals surface area (Å²) >= 11 is 0. The largest absolute Gasteiger partial charge is 0.490 e. The Kier molecular flexibility index (Phi) is 6.63. The number of nitriles is 1. The number of likely N-dealkylation sites (tertiary alicyclic amines) is 1. The lowest BCUT2D eigenvalue weighted by atomic mass is 9.98. The molecule has 0 atom stereocenters. The van der Waals surface area contributed by atoms with E-state index < -0.39 is 5.97 Å². The van der Waals surface area contributed by atoms with Crippen LogP contribution in [0.4, 0.5) is 0 Å². The molecule has 0 spiro atoms. The third kappa shape index (κ3) is 5.11. The van der Waals surface area contributed by atoms with Crippen LogP contribution in [0.5, 0.6) is 11.5 Å². The third-order valence-electron chi connectivity index (χ3n) is 5.14. The third-order valence-corrected chi connectivity index (χ3v) is 5.14. The van der Waals surface area contributed by atoms with Crippen LogP contribution in [0.25, 0.3) is 0 Å². The SMILES string of the molecule is Cc1cc(CN2CC(C(=O)O)C2)cc(C)c1OCc1ccc(OC(C)C)c(C#N)c1. The first-order chi connectivity index (χ1) is 14.3. The first kappa shape index (κ1) is 21.7. The van der Waals surface area contributed by atoms with Gasteiger partial charge in [0.05, 0.1) is 17.6 Å². The summed E-state index contributed by atoms with van der Waals surface area (Å²) in [6.07, 6.45) is 0.00860. The van der Waals surface area contributed by atoms with E-state index in [0.717, 1.165) is 34.5 Å². The Hall–Kier alpha value is -3.04. The van der Waals surface area contributed by atoms with E-state index in [4.69, 9.17) is 14.6 Å². The molecule has 1 heterocycles. The fraction of sp³-hybridized carbons (Fsp3) is 0.417. The number of carbonyl (C=O) groups is 1. The lowest BCUT2D eigenvalue weighted by Gasteiger charge is -2.36. The molecule has 0 aromatic heterocycles. The van der Waals surface area contributed by atoms with Crippen LogP contribution in [0.2, 0.25) is 0 Å². The van der Waals surface area contributed by atoms with Gasteiger partial charge in [-0.2, -0.15) is 5.26 Å². The molecule has 0 saturated carbocycles. The van der Waals surface area contributed by atoms with Gasteiger partial charge in [-0.05, 0) is 62.1 Å². The molecule has 1 aliphatic rings. The van der Waals surface area contributed by atoms with Crippen LogP contribution in [0.3, 0.4) is 0 Å². The minimum Gasteiger partial charge on any atom is -0.490 e.